The minimum absolute atomic E-state index is 0.183. The standard InChI is InChI=1S/C14H16N2O/c1-3-12(2)14(17)16-15-11-7-10-13-8-5-4-6-9-13/h3-11H,1-2H3,(H,16,17)/b10-7-,12-3-,15-11-. The van der Waals surface area contributed by atoms with Crippen molar-refractivity contribution in [2.45, 2.75) is 13.8 Å². The molecule has 1 aromatic carbocycles. The first-order valence-corrected chi connectivity index (χ1v) is 5.42. The van der Waals surface area contributed by atoms with Gasteiger partial charge in [0.15, 0.2) is 0 Å². The van der Waals surface area contributed by atoms with Crippen LogP contribution in [-0.2, 0) is 4.79 Å². The van der Waals surface area contributed by atoms with Gasteiger partial charge in [-0.1, -0.05) is 42.5 Å². The lowest BCUT2D eigenvalue weighted by Gasteiger charge is -1.96. The van der Waals surface area contributed by atoms with Crippen LogP contribution in [0.15, 0.2) is 53.2 Å². The number of carbonyl (C=O) groups is 1. The molecule has 0 aliphatic rings. The molecule has 0 saturated carbocycles. The Labute approximate surface area is 102 Å². The van der Waals surface area contributed by atoms with Crippen molar-refractivity contribution >= 4 is 18.2 Å². The summed E-state index contributed by atoms with van der Waals surface area (Å²) < 4.78 is 0. The number of carbonyl (C=O) groups excluding carboxylic acids is 1. The molecule has 3 nitrogen and oxygen atoms in total. The number of rotatable bonds is 4. The SMILES string of the molecule is C/C=C(/C)C(=O)N/N=C\C=C/c1ccccc1. The fourth-order valence-electron chi connectivity index (χ4n) is 1.08. The zero-order valence-electron chi connectivity index (χ0n) is 10.1. The van der Waals surface area contributed by atoms with E-state index in [0.29, 0.717) is 5.57 Å². The first-order valence-electron chi connectivity index (χ1n) is 5.42. The molecular weight excluding hydrogens is 212 g/mol. The average Bonchev–Trinajstić information content (AvgIpc) is 2.38. The summed E-state index contributed by atoms with van der Waals surface area (Å²) >= 11 is 0. The third-order valence-corrected chi connectivity index (χ3v) is 2.21. The van der Waals surface area contributed by atoms with Crippen LogP contribution in [-0.4, -0.2) is 12.1 Å². The fraction of sp³-hybridized carbons (Fsp3) is 0.143. The van der Waals surface area contributed by atoms with Crippen molar-refractivity contribution in [3.63, 3.8) is 0 Å². The summed E-state index contributed by atoms with van der Waals surface area (Å²) in [5.41, 5.74) is 4.17. The Bertz CT molecular complexity index is 445. The Kier molecular flexibility index (Phi) is 5.44. The summed E-state index contributed by atoms with van der Waals surface area (Å²) in [6.07, 6.45) is 6.98. The van der Waals surface area contributed by atoms with Crippen LogP contribution in [0.3, 0.4) is 0 Å². The first kappa shape index (κ1) is 12.9. The van der Waals surface area contributed by atoms with E-state index in [1.807, 2.05) is 43.3 Å². The van der Waals surface area contributed by atoms with E-state index >= 15 is 0 Å². The number of benzene rings is 1. The molecule has 0 aliphatic carbocycles. The largest absolute Gasteiger partial charge is 0.268 e. The molecular formula is C14H16N2O. The topological polar surface area (TPSA) is 41.5 Å². The number of amides is 1. The van der Waals surface area contributed by atoms with Crippen LogP contribution in [0.25, 0.3) is 6.08 Å². The van der Waals surface area contributed by atoms with E-state index in [9.17, 15) is 4.79 Å². The molecule has 0 heterocycles. The maximum absolute atomic E-state index is 11.3. The molecule has 17 heavy (non-hydrogen) atoms. The van der Waals surface area contributed by atoms with Gasteiger partial charge < -0.3 is 0 Å². The van der Waals surface area contributed by atoms with Gasteiger partial charge in [0, 0.05) is 11.8 Å². The van der Waals surface area contributed by atoms with Crippen molar-refractivity contribution in [3.05, 3.63) is 53.6 Å². The molecule has 0 atom stereocenters. The number of nitrogens with zero attached hydrogens (tertiary/aromatic N) is 1. The second-order valence-corrected chi connectivity index (χ2v) is 3.46. The molecule has 1 aromatic rings. The third-order valence-electron chi connectivity index (χ3n) is 2.21. The van der Waals surface area contributed by atoms with Crippen molar-refractivity contribution < 1.29 is 4.79 Å². The number of nitrogens with one attached hydrogen (secondary N) is 1. The van der Waals surface area contributed by atoms with E-state index in [4.69, 9.17) is 0 Å². The van der Waals surface area contributed by atoms with Gasteiger partial charge in [0.1, 0.15) is 0 Å². The molecule has 0 radical (unpaired) electrons. The van der Waals surface area contributed by atoms with Gasteiger partial charge in [0.05, 0.1) is 0 Å². The highest BCUT2D eigenvalue weighted by atomic mass is 16.2. The van der Waals surface area contributed by atoms with Crippen LogP contribution in [0.4, 0.5) is 0 Å². The lowest BCUT2D eigenvalue weighted by atomic mass is 10.2. The quantitative estimate of drug-likeness (QED) is 0.480. The van der Waals surface area contributed by atoms with E-state index < -0.39 is 0 Å². The summed E-state index contributed by atoms with van der Waals surface area (Å²) in [7, 11) is 0. The maximum Gasteiger partial charge on any atom is 0.266 e. The normalized spacial score (nSPS) is 12.2. The highest BCUT2D eigenvalue weighted by Crippen LogP contribution is 1.99. The van der Waals surface area contributed by atoms with Crippen molar-refractivity contribution in [1.29, 1.82) is 0 Å². The zero-order valence-corrected chi connectivity index (χ0v) is 10.1. The smallest absolute Gasteiger partial charge is 0.266 e. The molecule has 88 valence electrons. The van der Waals surface area contributed by atoms with Gasteiger partial charge in [-0.25, -0.2) is 5.43 Å². The molecule has 0 fully saturated rings. The molecule has 0 spiro atoms. The molecule has 0 bridgehead atoms. The number of hydrogen-bond acceptors (Lipinski definition) is 2. The Hall–Kier alpha value is -2.16. The molecule has 1 rings (SSSR count). The molecule has 0 aromatic heterocycles. The van der Waals surface area contributed by atoms with Gasteiger partial charge in [0.2, 0.25) is 0 Å². The molecule has 0 unspecified atom stereocenters. The number of hydrazone groups is 1. The van der Waals surface area contributed by atoms with Crippen LogP contribution in [0, 0.1) is 0 Å². The average molecular weight is 228 g/mol. The minimum Gasteiger partial charge on any atom is -0.268 e. The van der Waals surface area contributed by atoms with Crippen molar-refractivity contribution in [2.75, 3.05) is 0 Å². The summed E-state index contributed by atoms with van der Waals surface area (Å²) in [6.45, 7) is 3.55. The summed E-state index contributed by atoms with van der Waals surface area (Å²) in [6, 6.07) is 9.88. The van der Waals surface area contributed by atoms with E-state index in [0.717, 1.165) is 5.56 Å². The second-order valence-electron chi connectivity index (χ2n) is 3.46. The van der Waals surface area contributed by atoms with Crippen molar-refractivity contribution in [2.24, 2.45) is 5.10 Å². The molecule has 1 N–H and O–H groups in total. The third kappa shape index (κ3) is 4.93. The van der Waals surface area contributed by atoms with Crippen molar-refractivity contribution in [1.82, 2.24) is 5.43 Å². The lowest BCUT2D eigenvalue weighted by Crippen LogP contribution is -2.17. The number of hydrogen-bond donors (Lipinski definition) is 1. The second kappa shape index (κ2) is 7.17. The first-order chi connectivity index (χ1) is 8.24. The Morgan fingerprint density at radius 2 is 2.00 bits per heavy atom. The summed E-state index contributed by atoms with van der Waals surface area (Å²) in [5.74, 6) is -0.183. The fourth-order valence-corrected chi connectivity index (χ4v) is 1.08. The monoisotopic (exact) mass is 228 g/mol. The van der Waals surface area contributed by atoms with Gasteiger partial charge >= 0.3 is 0 Å². The Balaban J connectivity index is 2.41. The van der Waals surface area contributed by atoms with Crippen molar-refractivity contribution in [3.8, 4) is 0 Å². The van der Waals surface area contributed by atoms with Gasteiger partial charge in [0.25, 0.3) is 5.91 Å². The predicted octanol–water partition coefficient (Wildman–Crippen LogP) is 2.77. The molecule has 0 aliphatic heterocycles. The van der Waals surface area contributed by atoms with Crippen LogP contribution in [0.1, 0.15) is 19.4 Å². The summed E-state index contributed by atoms with van der Waals surface area (Å²) in [5, 5.41) is 3.80. The Morgan fingerprint density at radius 1 is 1.29 bits per heavy atom. The van der Waals surface area contributed by atoms with Gasteiger partial charge in [-0.2, -0.15) is 5.10 Å². The molecule has 1 amide bonds. The predicted molar refractivity (Wildman–Crippen MR) is 71.5 cm³/mol. The highest BCUT2D eigenvalue weighted by Gasteiger charge is 1.98. The van der Waals surface area contributed by atoms with E-state index in [2.05, 4.69) is 10.5 Å². The van der Waals surface area contributed by atoms with E-state index in [1.165, 1.54) is 0 Å². The van der Waals surface area contributed by atoms with Crippen LogP contribution in [0.5, 0.6) is 0 Å². The lowest BCUT2D eigenvalue weighted by molar-refractivity contribution is -0.117. The van der Waals surface area contributed by atoms with Crippen LogP contribution < -0.4 is 5.43 Å². The number of allylic oxidation sites excluding steroid dienone is 2. The van der Waals surface area contributed by atoms with Gasteiger partial charge in [-0.15, -0.1) is 0 Å². The maximum atomic E-state index is 11.3. The molecule has 0 saturated heterocycles. The van der Waals surface area contributed by atoms with Gasteiger partial charge in [-0.3, -0.25) is 4.79 Å². The molecule has 3 heteroatoms. The highest BCUT2D eigenvalue weighted by molar-refractivity contribution is 5.93. The van der Waals surface area contributed by atoms with Crippen LogP contribution in [0.2, 0.25) is 0 Å². The van der Waals surface area contributed by atoms with E-state index in [-0.39, 0.29) is 5.91 Å². The van der Waals surface area contributed by atoms with Gasteiger partial charge in [-0.05, 0) is 25.5 Å². The minimum atomic E-state index is -0.183. The summed E-state index contributed by atoms with van der Waals surface area (Å²) in [4.78, 5) is 11.3. The zero-order chi connectivity index (χ0) is 12.5. The van der Waals surface area contributed by atoms with Crippen LogP contribution >= 0.6 is 0 Å². The van der Waals surface area contributed by atoms with E-state index in [1.54, 1.807) is 25.3 Å². The Morgan fingerprint density at radius 3 is 2.65 bits per heavy atom.